The molecular weight excluding hydrogens is 807 g/mol. The molecule has 0 saturated carbocycles. The lowest BCUT2D eigenvalue weighted by molar-refractivity contribution is -0.138. The fourth-order valence-corrected chi connectivity index (χ4v) is 7.67. The summed E-state index contributed by atoms with van der Waals surface area (Å²) in [5.74, 6) is 0.789. The maximum Gasteiger partial charge on any atom is 0.338 e. The third kappa shape index (κ3) is 8.23. The van der Waals surface area contributed by atoms with E-state index in [1.807, 2.05) is 85.8 Å². The van der Waals surface area contributed by atoms with E-state index in [1.54, 1.807) is 43.7 Å². The Balaban J connectivity index is 1.41. The second-order valence-electron chi connectivity index (χ2n) is 11.7. The van der Waals surface area contributed by atoms with E-state index in [-0.39, 0.29) is 30.3 Å². The summed E-state index contributed by atoms with van der Waals surface area (Å²) in [5.41, 5.74) is 3.90. The van der Waals surface area contributed by atoms with Crippen molar-refractivity contribution in [2.45, 2.75) is 33.4 Å². The predicted octanol–water partition coefficient (Wildman–Crippen LogP) is 6.70. The van der Waals surface area contributed by atoms with E-state index >= 15 is 0 Å². The number of ether oxygens (including phenoxy) is 5. The number of methoxy groups -OCH3 is 1. The van der Waals surface area contributed by atoms with Crippen LogP contribution in [-0.4, -0.2) is 43.4 Å². The highest BCUT2D eigenvalue weighted by atomic mass is 127. The molecule has 5 aromatic rings. The number of hydrogen-bond donors (Lipinski definition) is 0. The Morgan fingerprint density at radius 2 is 1.57 bits per heavy atom. The number of aromatic nitrogens is 1. The van der Waals surface area contributed by atoms with Crippen molar-refractivity contribution < 1.29 is 33.3 Å². The standard InChI is InChI=1S/C41H37IN2O8S/c1-5-49-30-19-17-28(18-20-30)36-34(40(47)51-7-3)35(27-11-9-8-10-12-27)43-41-44(36)38(45)33(53-41)23-26-21-31(42)37(32(22-26)48-4)52-24-25-13-15-29(16-14-25)39(46)50-6-2/h8-23,36H,5-7,24H2,1-4H3/b33-23-/t36-/m0/s1. The van der Waals surface area contributed by atoms with Crippen LogP contribution in [0.15, 0.2) is 106 Å². The van der Waals surface area contributed by atoms with Crippen molar-refractivity contribution in [1.82, 2.24) is 4.57 Å². The van der Waals surface area contributed by atoms with Crippen LogP contribution in [0.5, 0.6) is 17.2 Å². The van der Waals surface area contributed by atoms with Gasteiger partial charge in [-0.1, -0.05) is 65.9 Å². The Morgan fingerprint density at radius 3 is 2.23 bits per heavy atom. The third-order valence-electron chi connectivity index (χ3n) is 8.28. The number of benzene rings is 4. The minimum Gasteiger partial charge on any atom is -0.494 e. The first-order valence-corrected chi connectivity index (χ1v) is 18.9. The zero-order valence-electron chi connectivity index (χ0n) is 29.6. The molecule has 1 aromatic heterocycles. The summed E-state index contributed by atoms with van der Waals surface area (Å²) in [6.45, 7) is 6.64. The lowest BCUT2D eigenvalue weighted by atomic mass is 9.93. The van der Waals surface area contributed by atoms with E-state index in [2.05, 4.69) is 22.6 Å². The maximum absolute atomic E-state index is 14.4. The summed E-state index contributed by atoms with van der Waals surface area (Å²) in [6, 6.07) is 26.8. The Labute approximate surface area is 324 Å². The number of carbonyl (C=O) groups is 2. The first-order valence-electron chi connectivity index (χ1n) is 17.0. The van der Waals surface area contributed by atoms with Gasteiger partial charge in [0.25, 0.3) is 5.56 Å². The lowest BCUT2D eigenvalue weighted by Gasteiger charge is -2.26. The van der Waals surface area contributed by atoms with Crippen molar-refractivity contribution in [1.29, 1.82) is 0 Å². The molecule has 1 aliphatic heterocycles. The molecule has 0 bridgehead atoms. The number of thiazole rings is 1. The fraction of sp³-hybridized carbons (Fsp3) is 0.220. The largest absolute Gasteiger partial charge is 0.494 e. The number of hydrogen-bond acceptors (Lipinski definition) is 10. The quantitative estimate of drug-likeness (QED) is 0.0951. The van der Waals surface area contributed by atoms with Gasteiger partial charge in [0, 0.05) is 5.56 Å². The second kappa shape index (κ2) is 17.1. The van der Waals surface area contributed by atoms with Gasteiger partial charge in [-0.3, -0.25) is 9.36 Å². The first kappa shape index (κ1) is 37.5. The molecular formula is C41H37IN2O8S. The molecule has 0 N–H and O–H groups in total. The zero-order valence-corrected chi connectivity index (χ0v) is 32.6. The summed E-state index contributed by atoms with van der Waals surface area (Å²) in [6.07, 6.45) is 1.79. The summed E-state index contributed by atoms with van der Waals surface area (Å²) in [7, 11) is 1.56. The van der Waals surface area contributed by atoms with Gasteiger partial charge in [-0.15, -0.1) is 0 Å². The predicted molar refractivity (Wildman–Crippen MR) is 211 cm³/mol. The van der Waals surface area contributed by atoms with Crippen LogP contribution in [-0.2, 0) is 20.9 Å². The minimum atomic E-state index is -0.810. The molecule has 12 heteroatoms. The Kier molecular flexibility index (Phi) is 12.1. The van der Waals surface area contributed by atoms with Crippen molar-refractivity contribution >= 4 is 57.6 Å². The number of esters is 2. The van der Waals surface area contributed by atoms with Crippen LogP contribution in [0, 0.1) is 3.57 Å². The van der Waals surface area contributed by atoms with Gasteiger partial charge >= 0.3 is 11.9 Å². The van der Waals surface area contributed by atoms with Gasteiger partial charge in [-0.2, -0.15) is 0 Å². The van der Waals surface area contributed by atoms with Crippen LogP contribution in [0.4, 0.5) is 0 Å². The molecule has 2 heterocycles. The number of fused-ring (bicyclic) bond motifs is 1. The highest BCUT2D eigenvalue weighted by Gasteiger charge is 2.35. The van der Waals surface area contributed by atoms with Crippen molar-refractivity contribution in [3.8, 4) is 17.2 Å². The average Bonchev–Trinajstić information content (AvgIpc) is 3.48. The van der Waals surface area contributed by atoms with Crippen LogP contribution in [0.25, 0.3) is 11.8 Å². The van der Waals surface area contributed by atoms with E-state index in [4.69, 9.17) is 28.7 Å². The zero-order chi connectivity index (χ0) is 37.5. The van der Waals surface area contributed by atoms with E-state index in [9.17, 15) is 14.4 Å². The average molecular weight is 845 g/mol. The molecule has 1 aliphatic rings. The molecule has 0 radical (unpaired) electrons. The Morgan fingerprint density at radius 1 is 0.868 bits per heavy atom. The van der Waals surface area contributed by atoms with E-state index in [1.165, 1.54) is 11.3 Å². The Hall–Kier alpha value is -5.21. The smallest absolute Gasteiger partial charge is 0.338 e. The van der Waals surface area contributed by atoms with Gasteiger partial charge in [0.15, 0.2) is 16.3 Å². The van der Waals surface area contributed by atoms with Gasteiger partial charge in [0.2, 0.25) is 0 Å². The lowest BCUT2D eigenvalue weighted by Crippen LogP contribution is -2.40. The minimum absolute atomic E-state index is 0.159. The molecule has 10 nitrogen and oxygen atoms in total. The van der Waals surface area contributed by atoms with E-state index in [0.717, 1.165) is 14.7 Å². The topological polar surface area (TPSA) is 115 Å². The summed E-state index contributed by atoms with van der Waals surface area (Å²) < 4.78 is 31.0. The van der Waals surface area contributed by atoms with Gasteiger partial charge in [0.1, 0.15) is 12.4 Å². The van der Waals surface area contributed by atoms with Crippen LogP contribution in [0.1, 0.15) is 59.4 Å². The van der Waals surface area contributed by atoms with Crippen molar-refractivity contribution in [2.75, 3.05) is 26.9 Å². The fourth-order valence-electron chi connectivity index (χ4n) is 5.89. The van der Waals surface area contributed by atoms with Gasteiger partial charge in [0.05, 0.1) is 57.9 Å². The molecule has 0 saturated heterocycles. The van der Waals surface area contributed by atoms with Crippen LogP contribution in [0.2, 0.25) is 0 Å². The molecule has 1 atom stereocenters. The van der Waals surface area contributed by atoms with Crippen LogP contribution < -0.4 is 29.1 Å². The summed E-state index contributed by atoms with van der Waals surface area (Å²) in [4.78, 5) is 45.6. The molecule has 0 spiro atoms. The summed E-state index contributed by atoms with van der Waals surface area (Å²) in [5, 5.41) is 0. The van der Waals surface area contributed by atoms with Gasteiger partial charge < -0.3 is 23.7 Å². The number of nitrogens with zero attached hydrogens (tertiary/aromatic N) is 2. The maximum atomic E-state index is 14.4. The highest BCUT2D eigenvalue weighted by Crippen LogP contribution is 2.37. The van der Waals surface area contributed by atoms with Crippen molar-refractivity contribution in [3.05, 3.63) is 148 Å². The monoisotopic (exact) mass is 844 g/mol. The highest BCUT2D eigenvalue weighted by molar-refractivity contribution is 14.1. The number of rotatable bonds is 13. The molecule has 53 heavy (non-hydrogen) atoms. The molecule has 0 unspecified atom stereocenters. The SMILES string of the molecule is CCOC(=O)C1=C(c2ccccc2)N=c2s/c(=C\c3cc(I)c(OCc4ccc(C(=O)OCC)cc4)c(OC)c3)c(=O)n2[C@H]1c1ccc(OCC)cc1. The first-order chi connectivity index (χ1) is 25.8. The molecule has 4 aromatic carbocycles. The van der Waals surface area contributed by atoms with E-state index < -0.39 is 12.0 Å². The molecule has 0 fully saturated rings. The van der Waals surface area contributed by atoms with Crippen LogP contribution in [0.3, 0.4) is 0 Å². The molecule has 272 valence electrons. The van der Waals surface area contributed by atoms with Crippen LogP contribution >= 0.6 is 33.9 Å². The second-order valence-corrected chi connectivity index (χ2v) is 13.8. The molecule has 0 aliphatic carbocycles. The normalized spacial score (nSPS) is 13.9. The molecule has 6 rings (SSSR count). The van der Waals surface area contributed by atoms with E-state index in [0.29, 0.717) is 62.2 Å². The molecule has 0 amide bonds. The van der Waals surface area contributed by atoms with Gasteiger partial charge in [-0.05, 0) is 103 Å². The summed E-state index contributed by atoms with van der Waals surface area (Å²) >= 11 is 3.42. The number of carbonyl (C=O) groups excluding carboxylic acids is 2. The van der Waals surface area contributed by atoms with Gasteiger partial charge in [-0.25, -0.2) is 14.6 Å². The Bertz CT molecular complexity index is 2330. The van der Waals surface area contributed by atoms with Crippen molar-refractivity contribution in [2.24, 2.45) is 4.99 Å². The number of halogens is 1. The third-order valence-corrected chi connectivity index (χ3v) is 10.1. The van der Waals surface area contributed by atoms with Crippen molar-refractivity contribution in [3.63, 3.8) is 0 Å².